The molecule has 0 saturated carbocycles. The second-order valence-corrected chi connectivity index (χ2v) is 5.16. The molecule has 1 aromatic heterocycles. The predicted molar refractivity (Wildman–Crippen MR) is 80.8 cm³/mol. The molecule has 0 fully saturated rings. The summed E-state index contributed by atoms with van der Waals surface area (Å²) in [6.07, 6.45) is -0.0883. The predicted octanol–water partition coefficient (Wildman–Crippen LogP) is 2.34. The minimum Gasteiger partial charge on any atom is -0.482 e. The number of benzene rings is 1. The molecule has 7 nitrogen and oxygen atoms in total. The van der Waals surface area contributed by atoms with Gasteiger partial charge in [-0.1, -0.05) is 12.1 Å². The normalized spacial score (nSPS) is 18.8. The highest BCUT2D eigenvalue weighted by Crippen LogP contribution is 2.33. The van der Waals surface area contributed by atoms with Gasteiger partial charge in [-0.3, -0.25) is 0 Å². The van der Waals surface area contributed by atoms with Crippen LogP contribution in [0.25, 0.3) is 0 Å². The van der Waals surface area contributed by atoms with Crippen LogP contribution in [0, 0.1) is 0 Å². The maximum atomic E-state index is 12.3. The van der Waals surface area contributed by atoms with Crippen molar-refractivity contribution in [3.8, 4) is 11.5 Å². The average Bonchev–Trinajstić information content (AvgIpc) is 3.07. The third-order valence-electron chi connectivity index (χ3n) is 3.57. The van der Waals surface area contributed by atoms with Crippen LogP contribution < -0.4 is 9.47 Å². The van der Waals surface area contributed by atoms with Crippen molar-refractivity contribution >= 4 is 11.9 Å². The van der Waals surface area contributed by atoms with Gasteiger partial charge in [-0.25, -0.2) is 9.59 Å². The number of carbonyl (C=O) groups is 2. The number of hydrogen-bond donors (Lipinski definition) is 0. The van der Waals surface area contributed by atoms with Crippen LogP contribution in [0.4, 0.5) is 0 Å². The van der Waals surface area contributed by atoms with Gasteiger partial charge in [0.1, 0.15) is 18.3 Å². The van der Waals surface area contributed by atoms with Gasteiger partial charge in [0.2, 0.25) is 6.10 Å². The Morgan fingerprint density at radius 3 is 2.54 bits per heavy atom. The lowest BCUT2D eigenvalue weighted by Gasteiger charge is -2.30. The first-order chi connectivity index (χ1) is 11.6. The zero-order valence-electron chi connectivity index (χ0n) is 13.2. The molecule has 0 bridgehead atoms. The number of rotatable bonds is 4. The van der Waals surface area contributed by atoms with Crippen molar-refractivity contribution in [2.24, 2.45) is 0 Å². The van der Waals surface area contributed by atoms with Gasteiger partial charge in [0, 0.05) is 0 Å². The Morgan fingerprint density at radius 2 is 1.83 bits per heavy atom. The molecule has 24 heavy (non-hydrogen) atoms. The molecule has 0 spiro atoms. The van der Waals surface area contributed by atoms with E-state index in [0.29, 0.717) is 11.5 Å². The van der Waals surface area contributed by atoms with Gasteiger partial charge in [-0.05, 0) is 25.1 Å². The molecule has 0 N–H and O–H groups in total. The molecule has 0 amide bonds. The van der Waals surface area contributed by atoms with Crippen molar-refractivity contribution in [1.29, 1.82) is 0 Å². The van der Waals surface area contributed by atoms with Crippen LogP contribution in [-0.4, -0.2) is 31.3 Å². The lowest BCUT2D eigenvalue weighted by Crippen LogP contribution is -2.44. The molecule has 1 aromatic carbocycles. The first kappa shape index (κ1) is 15.9. The maximum Gasteiger partial charge on any atom is 0.351 e. The molecule has 126 valence electrons. The van der Waals surface area contributed by atoms with Gasteiger partial charge in [0.05, 0.1) is 13.4 Å². The molecule has 0 aliphatic carbocycles. The lowest BCUT2D eigenvalue weighted by atomic mass is 10.2. The van der Waals surface area contributed by atoms with Gasteiger partial charge in [-0.15, -0.1) is 0 Å². The van der Waals surface area contributed by atoms with Gasteiger partial charge < -0.3 is 23.4 Å². The van der Waals surface area contributed by atoms with E-state index in [4.69, 9.17) is 18.6 Å². The molecule has 0 saturated heterocycles. The first-order valence-corrected chi connectivity index (χ1v) is 7.34. The third-order valence-corrected chi connectivity index (χ3v) is 3.57. The highest BCUT2D eigenvalue weighted by molar-refractivity contribution is 5.90. The molecule has 2 atom stereocenters. The number of para-hydroxylation sites is 2. The SMILES string of the molecule is COC(=O)c1ccoc1COC(=O)C1Oc2ccccc2OC1C. The minimum absolute atomic E-state index is 0.204. The van der Waals surface area contributed by atoms with Crippen molar-refractivity contribution in [3.63, 3.8) is 0 Å². The van der Waals surface area contributed by atoms with Crippen molar-refractivity contribution in [3.05, 3.63) is 47.9 Å². The quantitative estimate of drug-likeness (QED) is 0.794. The summed E-state index contributed by atoms with van der Waals surface area (Å²) in [6.45, 7) is 1.51. The van der Waals surface area contributed by atoms with E-state index in [-0.39, 0.29) is 17.9 Å². The molecule has 1 aliphatic heterocycles. The summed E-state index contributed by atoms with van der Waals surface area (Å²) in [4.78, 5) is 23.8. The monoisotopic (exact) mass is 332 g/mol. The molecule has 2 aromatic rings. The molecule has 1 aliphatic rings. The van der Waals surface area contributed by atoms with Crippen molar-refractivity contribution in [2.75, 3.05) is 7.11 Å². The zero-order chi connectivity index (χ0) is 17.1. The van der Waals surface area contributed by atoms with Crippen LogP contribution >= 0.6 is 0 Å². The average molecular weight is 332 g/mol. The molecule has 3 rings (SSSR count). The van der Waals surface area contributed by atoms with Crippen LogP contribution in [0.5, 0.6) is 11.5 Å². The van der Waals surface area contributed by atoms with Gasteiger partial charge in [0.15, 0.2) is 17.3 Å². The van der Waals surface area contributed by atoms with Crippen LogP contribution in [0.15, 0.2) is 41.0 Å². The van der Waals surface area contributed by atoms with E-state index < -0.39 is 24.1 Å². The fourth-order valence-electron chi connectivity index (χ4n) is 2.34. The molecule has 2 unspecified atom stereocenters. The van der Waals surface area contributed by atoms with E-state index in [1.807, 2.05) is 6.07 Å². The van der Waals surface area contributed by atoms with Crippen molar-refractivity contribution in [2.45, 2.75) is 25.7 Å². The topological polar surface area (TPSA) is 84.2 Å². The standard InChI is InChI=1S/C17H16O7/c1-10-15(24-13-6-4-3-5-12(13)23-10)17(19)22-9-14-11(7-8-21-14)16(18)20-2/h3-8,10,15H,9H2,1-2H3. The first-order valence-electron chi connectivity index (χ1n) is 7.34. The second-order valence-electron chi connectivity index (χ2n) is 5.16. The minimum atomic E-state index is -0.906. The van der Waals surface area contributed by atoms with Crippen LogP contribution in [0.3, 0.4) is 0 Å². The fourth-order valence-corrected chi connectivity index (χ4v) is 2.34. The zero-order valence-corrected chi connectivity index (χ0v) is 13.2. The van der Waals surface area contributed by atoms with E-state index in [1.54, 1.807) is 25.1 Å². The van der Waals surface area contributed by atoms with Crippen molar-refractivity contribution < 1.29 is 33.0 Å². The highest BCUT2D eigenvalue weighted by atomic mass is 16.6. The van der Waals surface area contributed by atoms with E-state index in [2.05, 4.69) is 4.74 Å². The van der Waals surface area contributed by atoms with Gasteiger partial charge >= 0.3 is 11.9 Å². The highest BCUT2D eigenvalue weighted by Gasteiger charge is 2.35. The number of furan rings is 1. The summed E-state index contributed by atoms with van der Waals surface area (Å²) in [6, 6.07) is 8.53. The number of ether oxygens (including phenoxy) is 4. The van der Waals surface area contributed by atoms with Crippen LogP contribution in [-0.2, 0) is 20.9 Å². The second kappa shape index (κ2) is 6.66. The maximum absolute atomic E-state index is 12.3. The van der Waals surface area contributed by atoms with Crippen molar-refractivity contribution in [1.82, 2.24) is 0 Å². The van der Waals surface area contributed by atoms with E-state index in [9.17, 15) is 9.59 Å². The Bertz CT molecular complexity index is 749. The summed E-state index contributed by atoms with van der Waals surface area (Å²) >= 11 is 0. The Morgan fingerprint density at radius 1 is 1.12 bits per heavy atom. The van der Waals surface area contributed by atoms with E-state index in [1.165, 1.54) is 19.4 Å². The Labute approximate surface area is 138 Å². The van der Waals surface area contributed by atoms with Gasteiger partial charge in [-0.2, -0.15) is 0 Å². The summed E-state index contributed by atoms with van der Waals surface area (Å²) in [5.74, 6) is 0.0948. The smallest absolute Gasteiger partial charge is 0.351 e. The van der Waals surface area contributed by atoms with E-state index >= 15 is 0 Å². The Hall–Kier alpha value is -2.96. The largest absolute Gasteiger partial charge is 0.482 e. The molecule has 0 radical (unpaired) electrons. The third kappa shape index (κ3) is 3.05. The summed E-state index contributed by atoms with van der Waals surface area (Å²) in [5.41, 5.74) is 0.213. The summed E-state index contributed by atoms with van der Waals surface area (Å²) in [5, 5.41) is 0. The number of hydrogen-bond acceptors (Lipinski definition) is 7. The van der Waals surface area contributed by atoms with E-state index in [0.717, 1.165) is 0 Å². The fraction of sp³-hybridized carbons (Fsp3) is 0.294. The summed E-state index contributed by atoms with van der Waals surface area (Å²) in [7, 11) is 1.26. The molecular weight excluding hydrogens is 316 g/mol. The van der Waals surface area contributed by atoms with Crippen LogP contribution in [0.1, 0.15) is 23.0 Å². The number of fused-ring (bicyclic) bond motifs is 1. The number of esters is 2. The molecule has 7 heteroatoms. The Balaban J connectivity index is 1.66. The number of methoxy groups -OCH3 is 1. The molecule has 2 heterocycles. The number of carbonyl (C=O) groups excluding carboxylic acids is 2. The Kier molecular flexibility index (Phi) is 4.41. The lowest BCUT2D eigenvalue weighted by molar-refractivity contribution is -0.159. The summed E-state index contributed by atoms with van der Waals surface area (Å²) < 4.78 is 26.3. The molecular formula is C17H16O7. The van der Waals surface area contributed by atoms with Gasteiger partial charge in [0.25, 0.3) is 0 Å². The van der Waals surface area contributed by atoms with Crippen LogP contribution in [0.2, 0.25) is 0 Å².